The molecule has 124 valence electrons. The van der Waals surface area contributed by atoms with Crippen LogP contribution in [0.2, 0.25) is 0 Å². The average Bonchev–Trinajstić information content (AvgIpc) is 3.18. The number of piperidine rings is 1. The number of hydrogen-bond acceptors (Lipinski definition) is 6. The van der Waals surface area contributed by atoms with E-state index in [0.717, 1.165) is 35.4 Å². The molecule has 3 aromatic heterocycles. The molecular weight excluding hydrogens is 322 g/mol. The topological polar surface area (TPSA) is 63.9 Å². The summed E-state index contributed by atoms with van der Waals surface area (Å²) in [5.41, 5.74) is 0. The molecule has 1 aliphatic rings. The Morgan fingerprint density at radius 2 is 2.21 bits per heavy atom. The standard InChI is InChI=1S/C17H19N5OS/c1-11-8-13-15(19-10-20-17(13)24-11)22-6-3-4-12(9-22)14(23)16-18-5-7-21(16)2/h5,7-8,10,12H,3-4,6,9H2,1-2H3. The molecule has 0 N–H and O–H groups in total. The highest BCUT2D eigenvalue weighted by atomic mass is 32.1. The van der Waals surface area contributed by atoms with Gasteiger partial charge in [0.25, 0.3) is 0 Å². The third-order valence-electron chi connectivity index (χ3n) is 4.56. The van der Waals surface area contributed by atoms with Crippen LogP contribution in [0.25, 0.3) is 10.2 Å². The maximum Gasteiger partial charge on any atom is 0.203 e. The van der Waals surface area contributed by atoms with E-state index in [-0.39, 0.29) is 11.7 Å². The van der Waals surface area contributed by atoms with Gasteiger partial charge < -0.3 is 9.47 Å². The molecule has 1 aliphatic heterocycles. The summed E-state index contributed by atoms with van der Waals surface area (Å²) in [7, 11) is 1.86. The number of ketones is 1. The molecule has 0 bridgehead atoms. The molecule has 24 heavy (non-hydrogen) atoms. The van der Waals surface area contributed by atoms with Gasteiger partial charge >= 0.3 is 0 Å². The molecule has 3 aromatic rings. The first-order valence-electron chi connectivity index (χ1n) is 8.11. The summed E-state index contributed by atoms with van der Waals surface area (Å²) in [6.07, 6.45) is 7.00. The monoisotopic (exact) mass is 341 g/mol. The number of nitrogens with zero attached hydrogens (tertiary/aromatic N) is 5. The minimum absolute atomic E-state index is 0.0374. The van der Waals surface area contributed by atoms with Crippen molar-refractivity contribution in [1.29, 1.82) is 0 Å². The highest BCUT2D eigenvalue weighted by Crippen LogP contribution is 2.32. The lowest BCUT2D eigenvalue weighted by Crippen LogP contribution is -2.39. The summed E-state index contributed by atoms with van der Waals surface area (Å²) in [6.45, 7) is 3.69. The highest BCUT2D eigenvalue weighted by molar-refractivity contribution is 7.18. The van der Waals surface area contributed by atoms with Crippen LogP contribution in [0, 0.1) is 12.8 Å². The summed E-state index contributed by atoms with van der Waals surface area (Å²) >= 11 is 1.68. The molecule has 1 fully saturated rings. The zero-order valence-corrected chi connectivity index (χ0v) is 14.6. The van der Waals surface area contributed by atoms with Crippen LogP contribution >= 0.6 is 11.3 Å². The van der Waals surface area contributed by atoms with E-state index in [9.17, 15) is 4.79 Å². The number of aryl methyl sites for hydroxylation is 2. The lowest BCUT2D eigenvalue weighted by molar-refractivity contribution is 0.0893. The van der Waals surface area contributed by atoms with E-state index >= 15 is 0 Å². The van der Waals surface area contributed by atoms with Gasteiger partial charge in [-0.25, -0.2) is 15.0 Å². The minimum Gasteiger partial charge on any atom is -0.355 e. The molecular formula is C17H19N5OS. The third-order valence-corrected chi connectivity index (χ3v) is 5.52. The summed E-state index contributed by atoms with van der Waals surface area (Å²) < 4.78 is 1.80. The molecule has 0 spiro atoms. The molecule has 1 unspecified atom stereocenters. The summed E-state index contributed by atoms with van der Waals surface area (Å²) in [6, 6.07) is 2.14. The third kappa shape index (κ3) is 2.58. The van der Waals surface area contributed by atoms with Crippen LogP contribution in [-0.4, -0.2) is 38.4 Å². The first-order chi connectivity index (χ1) is 11.6. The molecule has 0 aliphatic carbocycles. The number of thiophene rings is 1. The fourth-order valence-electron chi connectivity index (χ4n) is 3.38. The Hall–Kier alpha value is -2.28. The molecule has 1 atom stereocenters. The van der Waals surface area contributed by atoms with E-state index in [1.54, 1.807) is 28.4 Å². The predicted octanol–water partition coefficient (Wildman–Crippen LogP) is 2.83. The van der Waals surface area contributed by atoms with Crippen molar-refractivity contribution >= 4 is 33.2 Å². The summed E-state index contributed by atoms with van der Waals surface area (Å²) in [5.74, 6) is 1.58. The first-order valence-corrected chi connectivity index (χ1v) is 8.93. The Kier molecular flexibility index (Phi) is 3.80. The molecule has 0 radical (unpaired) electrons. The van der Waals surface area contributed by atoms with Gasteiger partial charge in [0.1, 0.15) is 17.0 Å². The SMILES string of the molecule is Cc1cc2c(N3CCCC(C(=O)c4nccn4C)C3)ncnc2s1. The van der Waals surface area contributed by atoms with E-state index in [0.29, 0.717) is 12.4 Å². The average molecular weight is 341 g/mol. The Morgan fingerprint density at radius 1 is 1.33 bits per heavy atom. The van der Waals surface area contributed by atoms with Crippen molar-refractivity contribution in [3.05, 3.63) is 35.5 Å². The van der Waals surface area contributed by atoms with Gasteiger partial charge in [-0.05, 0) is 25.8 Å². The van der Waals surface area contributed by atoms with E-state index in [2.05, 4.69) is 32.8 Å². The van der Waals surface area contributed by atoms with E-state index in [1.165, 1.54) is 4.88 Å². The second kappa shape index (κ2) is 5.98. The largest absolute Gasteiger partial charge is 0.355 e. The number of imidazole rings is 1. The van der Waals surface area contributed by atoms with Crippen LogP contribution in [0.4, 0.5) is 5.82 Å². The van der Waals surface area contributed by atoms with Gasteiger partial charge in [0.15, 0.2) is 5.82 Å². The Bertz CT molecular complexity index is 899. The molecule has 1 saturated heterocycles. The van der Waals surface area contributed by atoms with Crippen molar-refractivity contribution in [3.8, 4) is 0 Å². The number of carbonyl (C=O) groups is 1. The van der Waals surface area contributed by atoms with Gasteiger partial charge in [0.05, 0.1) is 5.39 Å². The Labute approximate surface area is 144 Å². The quantitative estimate of drug-likeness (QED) is 0.686. The van der Waals surface area contributed by atoms with Gasteiger partial charge in [-0.2, -0.15) is 0 Å². The molecule has 6 nitrogen and oxygen atoms in total. The minimum atomic E-state index is -0.0374. The zero-order valence-electron chi connectivity index (χ0n) is 13.8. The molecule has 4 heterocycles. The van der Waals surface area contributed by atoms with Crippen LogP contribution in [0.5, 0.6) is 0 Å². The fraction of sp³-hybridized carbons (Fsp3) is 0.412. The van der Waals surface area contributed by atoms with Gasteiger partial charge in [0.2, 0.25) is 5.78 Å². The van der Waals surface area contributed by atoms with Crippen molar-refractivity contribution < 1.29 is 4.79 Å². The molecule has 0 amide bonds. The lowest BCUT2D eigenvalue weighted by Gasteiger charge is -2.32. The number of rotatable bonds is 3. The van der Waals surface area contributed by atoms with E-state index in [1.807, 2.05) is 13.2 Å². The molecule has 4 rings (SSSR count). The number of Topliss-reactive ketones (excluding diaryl/α,β-unsaturated/α-hetero) is 1. The van der Waals surface area contributed by atoms with Crippen LogP contribution < -0.4 is 4.90 Å². The predicted molar refractivity (Wildman–Crippen MR) is 94.6 cm³/mol. The number of anilines is 1. The summed E-state index contributed by atoms with van der Waals surface area (Å²) in [4.78, 5) is 30.3. The smallest absolute Gasteiger partial charge is 0.203 e. The second-order valence-electron chi connectivity index (χ2n) is 6.28. The number of carbonyl (C=O) groups excluding carboxylic acids is 1. The van der Waals surface area contributed by atoms with E-state index < -0.39 is 0 Å². The van der Waals surface area contributed by atoms with Gasteiger partial charge in [0, 0.05) is 43.3 Å². The molecule has 7 heteroatoms. The highest BCUT2D eigenvalue weighted by Gasteiger charge is 2.30. The van der Waals surface area contributed by atoms with Gasteiger partial charge in [-0.3, -0.25) is 4.79 Å². The Balaban J connectivity index is 1.63. The van der Waals surface area contributed by atoms with Crippen LogP contribution in [0.1, 0.15) is 28.3 Å². The summed E-state index contributed by atoms with van der Waals surface area (Å²) in [5, 5.41) is 1.09. The number of fused-ring (bicyclic) bond motifs is 1. The van der Waals surface area contributed by atoms with Crippen molar-refractivity contribution in [1.82, 2.24) is 19.5 Å². The van der Waals surface area contributed by atoms with Crippen LogP contribution in [0.15, 0.2) is 24.8 Å². The van der Waals surface area contributed by atoms with Crippen molar-refractivity contribution in [3.63, 3.8) is 0 Å². The number of hydrogen-bond donors (Lipinski definition) is 0. The Morgan fingerprint density at radius 3 is 3.00 bits per heavy atom. The van der Waals surface area contributed by atoms with Crippen molar-refractivity contribution in [2.24, 2.45) is 13.0 Å². The van der Waals surface area contributed by atoms with Crippen LogP contribution in [0.3, 0.4) is 0 Å². The lowest BCUT2D eigenvalue weighted by atomic mass is 9.93. The fourth-order valence-corrected chi connectivity index (χ4v) is 4.23. The zero-order chi connectivity index (χ0) is 16.7. The molecule has 0 aromatic carbocycles. The van der Waals surface area contributed by atoms with Crippen molar-refractivity contribution in [2.75, 3.05) is 18.0 Å². The van der Waals surface area contributed by atoms with Crippen LogP contribution in [-0.2, 0) is 7.05 Å². The van der Waals surface area contributed by atoms with Crippen molar-refractivity contribution in [2.45, 2.75) is 19.8 Å². The maximum atomic E-state index is 12.8. The molecule has 0 saturated carbocycles. The van der Waals surface area contributed by atoms with E-state index in [4.69, 9.17) is 0 Å². The van der Waals surface area contributed by atoms with Gasteiger partial charge in [-0.15, -0.1) is 11.3 Å². The first kappa shape index (κ1) is 15.3. The second-order valence-corrected chi connectivity index (χ2v) is 7.52. The normalized spacial score (nSPS) is 18.2. The maximum absolute atomic E-state index is 12.8. The number of aromatic nitrogens is 4. The van der Waals surface area contributed by atoms with Gasteiger partial charge in [-0.1, -0.05) is 0 Å².